The van der Waals surface area contributed by atoms with E-state index in [-0.39, 0.29) is 11.5 Å². The molecule has 0 heterocycles. The first-order valence-electron chi connectivity index (χ1n) is 7.73. The highest BCUT2D eigenvalue weighted by molar-refractivity contribution is 6.42. The molecule has 1 aromatic rings. The normalized spacial score (nSPS) is 23.2. The molecule has 126 valence electrons. The van der Waals surface area contributed by atoms with Crippen molar-refractivity contribution in [2.45, 2.75) is 46.1 Å². The number of halogens is 2. The van der Waals surface area contributed by atoms with E-state index in [0.29, 0.717) is 21.7 Å². The number of rotatable bonds is 2. The van der Waals surface area contributed by atoms with Gasteiger partial charge in [-0.05, 0) is 48.8 Å². The van der Waals surface area contributed by atoms with Crippen LogP contribution in [0, 0.1) is 11.3 Å². The quantitative estimate of drug-likeness (QED) is 0.777. The summed E-state index contributed by atoms with van der Waals surface area (Å²) < 4.78 is 0. The lowest BCUT2D eigenvalue weighted by Crippen LogP contribution is -2.46. The molecule has 6 heteroatoms. The van der Waals surface area contributed by atoms with Crippen LogP contribution in [0.2, 0.25) is 10.0 Å². The van der Waals surface area contributed by atoms with Gasteiger partial charge in [0.1, 0.15) is 0 Å². The van der Waals surface area contributed by atoms with Crippen LogP contribution in [0.4, 0.5) is 5.69 Å². The number of carbonyl (C=O) groups is 2. The Morgan fingerprint density at radius 1 is 1.17 bits per heavy atom. The highest BCUT2D eigenvalue weighted by Gasteiger charge is 2.33. The first-order valence-corrected chi connectivity index (χ1v) is 8.49. The van der Waals surface area contributed by atoms with Crippen molar-refractivity contribution >= 4 is 40.7 Å². The van der Waals surface area contributed by atoms with Gasteiger partial charge in [-0.1, -0.05) is 44.0 Å². The molecule has 0 radical (unpaired) electrons. The standard InChI is InChI=1S/C17H22Cl2N2O2/c1-10-6-12(9-17(2,3)8-10)20-15(22)16(23)21-14-5-4-11(18)7-13(14)19/h4-5,7,10,12H,6,8-9H2,1-3H3,(H,20,22)(H,21,23)/t10-,12+/m0/s1. The number of nitrogens with one attached hydrogen (secondary N) is 2. The second-order valence-corrected chi connectivity index (χ2v) is 8.01. The van der Waals surface area contributed by atoms with Crippen LogP contribution in [0.25, 0.3) is 0 Å². The minimum Gasteiger partial charge on any atom is -0.345 e. The summed E-state index contributed by atoms with van der Waals surface area (Å²) in [4.78, 5) is 24.2. The zero-order valence-corrected chi connectivity index (χ0v) is 15.1. The van der Waals surface area contributed by atoms with Crippen LogP contribution >= 0.6 is 23.2 Å². The molecular weight excluding hydrogens is 335 g/mol. The lowest BCUT2D eigenvalue weighted by Gasteiger charge is -2.39. The molecular formula is C17H22Cl2N2O2. The summed E-state index contributed by atoms with van der Waals surface area (Å²) in [6.07, 6.45) is 2.90. The van der Waals surface area contributed by atoms with Crippen molar-refractivity contribution in [2.24, 2.45) is 11.3 Å². The minimum absolute atomic E-state index is 0.0210. The lowest BCUT2D eigenvalue weighted by molar-refractivity contribution is -0.137. The predicted octanol–water partition coefficient (Wildman–Crippen LogP) is 4.26. The highest BCUT2D eigenvalue weighted by Crippen LogP contribution is 2.38. The number of hydrogen-bond acceptors (Lipinski definition) is 2. The SMILES string of the molecule is C[C@H]1C[C@@H](NC(=O)C(=O)Nc2ccc(Cl)cc2Cl)CC(C)(C)C1. The number of benzene rings is 1. The number of amides is 2. The summed E-state index contributed by atoms with van der Waals surface area (Å²) in [5, 5.41) is 6.12. The Labute approximate surface area is 146 Å². The first kappa shape index (κ1) is 18.1. The van der Waals surface area contributed by atoms with Gasteiger partial charge < -0.3 is 10.6 Å². The van der Waals surface area contributed by atoms with E-state index >= 15 is 0 Å². The predicted molar refractivity (Wildman–Crippen MR) is 93.8 cm³/mol. The minimum atomic E-state index is -0.717. The van der Waals surface area contributed by atoms with E-state index in [9.17, 15) is 9.59 Å². The molecule has 2 N–H and O–H groups in total. The molecule has 1 saturated carbocycles. The van der Waals surface area contributed by atoms with Crippen molar-refractivity contribution in [2.75, 3.05) is 5.32 Å². The Morgan fingerprint density at radius 2 is 1.87 bits per heavy atom. The molecule has 0 aliphatic heterocycles. The number of carbonyl (C=O) groups excluding carboxylic acids is 2. The molecule has 0 aromatic heterocycles. The van der Waals surface area contributed by atoms with E-state index in [2.05, 4.69) is 31.4 Å². The Balaban J connectivity index is 1.96. The Bertz CT molecular complexity index is 617. The zero-order chi connectivity index (χ0) is 17.2. The molecule has 2 atom stereocenters. The molecule has 1 aliphatic carbocycles. The number of anilines is 1. The van der Waals surface area contributed by atoms with Crippen LogP contribution in [-0.2, 0) is 9.59 Å². The van der Waals surface area contributed by atoms with Gasteiger partial charge in [0.25, 0.3) is 0 Å². The van der Waals surface area contributed by atoms with Crippen molar-refractivity contribution in [1.82, 2.24) is 5.32 Å². The van der Waals surface area contributed by atoms with Gasteiger partial charge in [0.15, 0.2) is 0 Å². The fourth-order valence-corrected chi connectivity index (χ4v) is 3.93. The maximum atomic E-state index is 12.1. The molecule has 0 saturated heterocycles. The molecule has 2 amide bonds. The fraction of sp³-hybridized carbons (Fsp3) is 0.529. The molecule has 1 aromatic carbocycles. The van der Waals surface area contributed by atoms with Crippen molar-refractivity contribution < 1.29 is 9.59 Å². The van der Waals surface area contributed by atoms with E-state index in [4.69, 9.17) is 23.2 Å². The van der Waals surface area contributed by atoms with Crippen molar-refractivity contribution in [3.8, 4) is 0 Å². The van der Waals surface area contributed by atoms with Crippen LogP contribution in [-0.4, -0.2) is 17.9 Å². The topological polar surface area (TPSA) is 58.2 Å². The molecule has 0 bridgehead atoms. The third-order valence-electron chi connectivity index (χ3n) is 4.11. The Morgan fingerprint density at radius 3 is 2.48 bits per heavy atom. The van der Waals surface area contributed by atoms with Gasteiger partial charge in [-0.15, -0.1) is 0 Å². The molecule has 0 unspecified atom stereocenters. The zero-order valence-electron chi connectivity index (χ0n) is 13.6. The van der Waals surface area contributed by atoms with Gasteiger partial charge in [0.05, 0.1) is 10.7 Å². The molecule has 4 nitrogen and oxygen atoms in total. The monoisotopic (exact) mass is 356 g/mol. The third kappa shape index (κ3) is 5.11. The highest BCUT2D eigenvalue weighted by atomic mass is 35.5. The fourth-order valence-electron chi connectivity index (χ4n) is 3.48. The van der Waals surface area contributed by atoms with E-state index in [1.807, 2.05) is 0 Å². The van der Waals surface area contributed by atoms with E-state index in [0.717, 1.165) is 19.3 Å². The second kappa shape index (κ2) is 7.10. The van der Waals surface area contributed by atoms with Gasteiger partial charge in [0.2, 0.25) is 0 Å². The van der Waals surface area contributed by atoms with Crippen molar-refractivity contribution in [3.63, 3.8) is 0 Å². The van der Waals surface area contributed by atoms with Gasteiger partial charge in [-0.3, -0.25) is 9.59 Å². The summed E-state index contributed by atoms with van der Waals surface area (Å²) in [7, 11) is 0. The van der Waals surface area contributed by atoms with Crippen LogP contribution in [0.3, 0.4) is 0 Å². The first-order chi connectivity index (χ1) is 10.7. The van der Waals surface area contributed by atoms with Gasteiger partial charge in [-0.2, -0.15) is 0 Å². The lowest BCUT2D eigenvalue weighted by atomic mass is 9.70. The smallest absolute Gasteiger partial charge is 0.313 e. The van der Waals surface area contributed by atoms with Gasteiger partial charge >= 0.3 is 11.8 Å². The Hall–Kier alpha value is -1.26. The average Bonchev–Trinajstić information content (AvgIpc) is 2.39. The van der Waals surface area contributed by atoms with Crippen LogP contribution in [0.15, 0.2) is 18.2 Å². The van der Waals surface area contributed by atoms with E-state index < -0.39 is 11.8 Å². The summed E-state index contributed by atoms with van der Waals surface area (Å²) in [5.74, 6) is -0.825. The molecule has 0 spiro atoms. The van der Waals surface area contributed by atoms with Crippen LogP contribution < -0.4 is 10.6 Å². The summed E-state index contributed by atoms with van der Waals surface area (Å²) in [5.41, 5.74) is 0.541. The maximum Gasteiger partial charge on any atom is 0.313 e. The molecule has 23 heavy (non-hydrogen) atoms. The average molecular weight is 357 g/mol. The largest absolute Gasteiger partial charge is 0.345 e. The molecule has 1 fully saturated rings. The molecule has 2 rings (SSSR count). The third-order valence-corrected chi connectivity index (χ3v) is 4.66. The van der Waals surface area contributed by atoms with Gasteiger partial charge in [0, 0.05) is 11.1 Å². The maximum absolute atomic E-state index is 12.1. The Kier molecular flexibility index (Phi) is 5.58. The van der Waals surface area contributed by atoms with E-state index in [1.54, 1.807) is 12.1 Å². The van der Waals surface area contributed by atoms with Crippen LogP contribution in [0.1, 0.15) is 40.0 Å². The van der Waals surface area contributed by atoms with Crippen molar-refractivity contribution in [3.05, 3.63) is 28.2 Å². The van der Waals surface area contributed by atoms with Crippen molar-refractivity contribution in [1.29, 1.82) is 0 Å². The van der Waals surface area contributed by atoms with E-state index in [1.165, 1.54) is 6.07 Å². The molecule has 1 aliphatic rings. The summed E-state index contributed by atoms with van der Waals surface area (Å²) in [6.45, 7) is 6.55. The van der Waals surface area contributed by atoms with Gasteiger partial charge in [-0.25, -0.2) is 0 Å². The summed E-state index contributed by atoms with van der Waals surface area (Å²) >= 11 is 11.8. The summed E-state index contributed by atoms with van der Waals surface area (Å²) in [6, 6.07) is 4.71. The van der Waals surface area contributed by atoms with Crippen LogP contribution in [0.5, 0.6) is 0 Å². The number of hydrogen-bond donors (Lipinski definition) is 2. The second-order valence-electron chi connectivity index (χ2n) is 7.16.